The highest BCUT2D eigenvalue weighted by Crippen LogP contribution is 2.36. The number of nitro benzene ring substituents is 1. The number of rotatable bonds is 4. The van der Waals surface area contributed by atoms with Gasteiger partial charge in [0, 0.05) is 31.8 Å². The molecule has 0 aromatic heterocycles. The third-order valence-corrected chi connectivity index (χ3v) is 3.97. The van der Waals surface area contributed by atoms with E-state index in [-0.39, 0.29) is 28.8 Å². The molecule has 1 aliphatic rings. The molecule has 114 valence electrons. The van der Waals surface area contributed by atoms with E-state index in [1.54, 1.807) is 0 Å². The van der Waals surface area contributed by atoms with Crippen molar-refractivity contribution in [1.29, 1.82) is 0 Å². The van der Waals surface area contributed by atoms with Crippen LogP contribution < -0.4 is 4.90 Å². The summed E-state index contributed by atoms with van der Waals surface area (Å²) in [6.45, 7) is 1.22. The van der Waals surface area contributed by atoms with Gasteiger partial charge in [0.1, 0.15) is 0 Å². The highest BCUT2D eigenvalue weighted by molar-refractivity contribution is 6.34. The molecule has 0 spiro atoms. The van der Waals surface area contributed by atoms with E-state index in [1.165, 1.54) is 6.07 Å². The first-order valence-electron chi connectivity index (χ1n) is 6.51. The van der Waals surface area contributed by atoms with Crippen molar-refractivity contribution < 1.29 is 19.9 Å². The number of non-ortho nitro benzene ring substituents is 1. The van der Waals surface area contributed by atoms with Gasteiger partial charge >= 0.3 is 5.97 Å². The molecule has 21 heavy (non-hydrogen) atoms. The number of anilines is 1. The van der Waals surface area contributed by atoms with Crippen LogP contribution in [0.3, 0.4) is 0 Å². The molecule has 1 aliphatic heterocycles. The zero-order valence-corrected chi connectivity index (χ0v) is 11.9. The van der Waals surface area contributed by atoms with Gasteiger partial charge in [-0.25, -0.2) is 4.79 Å². The summed E-state index contributed by atoms with van der Waals surface area (Å²) in [5.41, 5.74) is -0.200. The van der Waals surface area contributed by atoms with Crippen molar-refractivity contribution in [3.8, 4) is 0 Å². The Balaban J connectivity index is 2.39. The number of carbonyl (C=O) groups is 1. The lowest BCUT2D eigenvalue weighted by Gasteiger charge is -2.34. The molecule has 0 saturated carbocycles. The molecule has 0 amide bonds. The average Bonchev–Trinajstić information content (AvgIpc) is 2.46. The Bertz CT molecular complexity index is 570. The highest BCUT2D eigenvalue weighted by Gasteiger charge is 2.27. The third kappa shape index (κ3) is 3.25. The largest absolute Gasteiger partial charge is 0.478 e. The van der Waals surface area contributed by atoms with E-state index < -0.39 is 10.9 Å². The number of aliphatic hydroxyl groups is 1. The molecular formula is C13H15ClN2O5. The Morgan fingerprint density at radius 3 is 2.52 bits per heavy atom. The first-order chi connectivity index (χ1) is 9.93. The number of hydrogen-bond donors (Lipinski definition) is 2. The molecule has 0 atom stereocenters. The lowest BCUT2D eigenvalue weighted by Crippen LogP contribution is -2.35. The van der Waals surface area contributed by atoms with Crippen molar-refractivity contribution in [1.82, 2.24) is 0 Å². The Morgan fingerprint density at radius 2 is 2.05 bits per heavy atom. The number of carboxylic acid groups (broad SMARTS) is 1. The molecule has 7 nitrogen and oxygen atoms in total. The van der Waals surface area contributed by atoms with Gasteiger partial charge in [0.05, 0.1) is 21.2 Å². The van der Waals surface area contributed by atoms with Crippen LogP contribution >= 0.6 is 11.6 Å². The smallest absolute Gasteiger partial charge is 0.338 e. The second-order valence-corrected chi connectivity index (χ2v) is 5.41. The molecule has 1 aromatic rings. The fourth-order valence-corrected chi connectivity index (χ4v) is 2.85. The van der Waals surface area contributed by atoms with E-state index in [0.29, 0.717) is 18.8 Å². The molecule has 2 rings (SSSR count). The second kappa shape index (κ2) is 6.28. The maximum atomic E-state index is 11.4. The fraction of sp³-hybridized carbons (Fsp3) is 0.462. The van der Waals surface area contributed by atoms with Crippen LogP contribution in [0.4, 0.5) is 11.4 Å². The lowest BCUT2D eigenvalue weighted by molar-refractivity contribution is -0.384. The molecule has 0 bridgehead atoms. The van der Waals surface area contributed by atoms with Gasteiger partial charge in [-0.1, -0.05) is 11.6 Å². The van der Waals surface area contributed by atoms with Crippen molar-refractivity contribution in [2.24, 2.45) is 5.92 Å². The minimum Gasteiger partial charge on any atom is -0.478 e. The number of carboxylic acids is 1. The van der Waals surface area contributed by atoms with Crippen molar-refractivity contribution in [2.45, 2.75) is 12.8 Å². The van der Waals surface area contributed by atoms with E-state index >= 15 is 0 Å². The zero-order chi connectivity index (χ0) is 15.6. The number of aliphatic hydroxyl groups excluding tert-OH is 1. The minimum absolute atomic E-state index is 0.0593. The summed E-state index contributed by atoms with van der Waals surface area (Å²) in [6, 6.07) is 2.20. The van der Waals surface area contributed by atoms with E-state index in [1.807, 2.05) is 4.90 Å². The summed E-state index contributed by atoms with van der Waals surface area (Å²) < 4.78 is 0. The molecule has 1 heterocycles. The highest BCUT2D eigenvalue weighted by atomic mass is 35.5. The molecular weight excluding hydrogens is 300 g/mol. The maximum Gasteiger partial charge on any atom is 0.338 e. The summed E-state index contributed by atoms with van der Waals surface area (Å²) in [5, 5.41) is 29.3. The minimum atomic E-state index is -1.25. The fourth-order valence-electron chi connectivity index (χ4n) is 2.51. The van der Waals surface area contributed by atoms with Crippen molar-refractivity contribution in [3.63, 3.8) is 0 Å². The summed E-state index contributed by atoms with van der Waals surface area (Å²) in [4.78, 5) is 23.3. The molecule has 8 heteroatoms. The summed E-state index contributed by atoms with van der Waals surface area (Å²) in [5.74, 6) is -1.05. The number of halogens is 1. The first-order valence-corrected chi connectivity index (χ1v) is 6.89. The monoisotopic (exact) mass is 314 g/mol. The van der Waals surface area contributed by atoms with Gasteiger partial charge in [-0.05, 0) is 18.8 Å². The number of nitrogens with zero attached hydrogens (tertiary/aromatic N) is 2. The van der Waals surface area contributed by atoms with Gasteiger partial charge in [0.25, 0.3) is 5.69 Å². The first kappa shape index (κ1) is 15.5. The Labute approximate surface area is 125 Å². The van der Waals surface area contributed by atoms with Crippen molar-refractivity contribution in [3.05, 3.63) is 32.8 Å². The van der Waals surface area contributed by atoms with E-state index in [0.717, 1.165) is 18.9 Å². The third-order valence-electron chi connectivity index (χ3n) is 3.68. The van der Waals surface area contributed by atoms with Gasteiger partial charge in [0.2, 0.25) is 0 Å². The second-order valence-electron chi connectivity index (χ2n) is 5.00. The van der Waals surface area contributed by atoms with Crippen molar-refractivity contribution in [2.75, 3.05) is 24.6 Å². The molecule has 1 fully saturated rings. The number of benzene rings is 1. The molecule has 1 aromatic carbocycles. The Morgan fingerprint density at radius 1 is 1.43 bits per heavy atom. The van der Waals surface area contributed by atoms with Gasteiger partial charge in [-0.3, -0.25) is 10.1 Å². The quantitative estimate of drug-likeness (QED) is 0.652. The van der Waals surface area contributed by atoms with Gasteiger partial charge < -0.3 is 15.1 Å². The summed E-state index contributed by atoms with van der Waals surface area (Å²) in [7, 11) is 0. The summed E-state index contributed by atoms with van der Waals surface area (Å²) >= 11 is 6.07. The molecule has 1 saturated heterocycles. The van der Waals surface area contributed by atoms with Crippen LogP contribution in [0, 0.1) is 16.0 Å². The van der Waals surface area contributed by atoms with Crippen LogP contribution in [-0.2, 0) is 0 Å². The zero-order valence-electron chi connectivity index (χ0n) is 11.2. The number of hydrogen-bond acceptors (Lipinski definition) is 5. The predicted octanol–water partition coefficient (Wildman–Crippen LogP) is 2.16. The van der Waals surface area contributed by atoms with Gasteiger partial charge in [-0.15, -0.1) is 0 Å². The molecule has 0 aliphatic carbocycles. The van der Waals surface area contributed by atoms with E-state index in [4.69, 9.17) is 16.7 Å². The molecule has 0 unspecified atom stereocenters. The van der Waals surface area contributed by atoms with E-state index in [9.17, 15) is 20.0 Å². The SMILES string of the molecule is O=C(O)c1cc([N+](=O)[O-])cc(Cl)c1N1CCC(CO)CC1. The average molecular weight is 315 g/mol. The van der Waals surface area contributed by atoms with Crippen LogP contribution in [0.1, 0.15) is 23.2 Å². The number of piperidine rings is 1. The number of aromatic carboxylic acids is 1. The van der Waals surface area contributed by atoms with Gasteiger partial charge in [-0.2, -0.15) is 0 Å². The molecule has 2 N–H and O–H groups in total. The molecule has 0 radical (unpaired) electrons. The van der Waals surface area contributed by atoms with Crippen molar-refractivity contribution >= 4 is 28.9 Å². The van der Waals surface area contributed by atoms with Crippen LogP contribution in [0.2, 0.25) is 5.02 Å². The topological polar surface area (TPSA) is 104 Å². The van der Waals surface area contributed by atoms with E-state index in [2.05, 4.69) is 0 Å². The van der Waals surface area contributed by atoms with Crippen LogP contribution in [0.25, 0.3) is 0 Å². The number of nitro groups is 1. The standard InChI is InChI=1S/C13H15ClN2O5/c14-11-6-9(16(20)21)5-10(13(18)19)12(11)15-3-1-8(7-17)2-4-15/h5-6,8,17H,1-4,7H2,(H,18,19). The maximum absolute atomic E-state index is 11.4. The van der Waals surface area contributed by atoms with Crippen LogP contribution in [0.5, 0.6) is 0 Å². The lowest BCUT2D eigenvalue weighted by atomic mass is 9.96. The predicted molar refractivity (Wildman–Crippen MR) is 77.1 cm³/mol. The van der Waals surface area contributed by atoms with Crippen LogP contribution in [-0.4, -0.2) is 40.8 Å². The normalized spacial score (nSPS) is 16.0. The Hall–Kier alpha value is -1.86. The van der Waals surface area contributed by atoms with Gasteiger partial charge in [0.15, 0.2) is 0 Å². The summed E-state index contributed by atoms with van der Waals surface area (Å²) in [6.07, 6.45) is 1.45. The van der Waals surface area contributed by atoms with Crippen LogP contribution in [0.15, 0.2) is 12.1 Å². The Kier molecular flexibility index (Phi) is 4.64.